The highest BCUT2D eigenvalue weighted by Gasteiger charge is 2.29. The molecule has 172 valence electrons. The van der Waals surface area contributed by atoms with E-state index in [0.29, 0.717) is 19.4 Å². The molecular formula is C22H39N2O5P. The fourth-order valence-corrected chi connectivity index (χ4v) is 4.42. The van der Waals surface area contributed by atoms with Crippen LogP contribution in [-0.2, 0) is 26.7 Å². The number of benzene rings is 1. The third-order valence-corrected chi connectivity index (χ3v) is 6.13. The molecule has 2 rings (SSSR count). The molecule has 7 nitrogen and oxygen atoms in total. The lowest BCUT2D eigenvalue weighted by Gasteiger charge is -2.32. The van der Waals surface area contributed by atoms with Crippen LogP contribution in [0.5, 0.6) is 0 Å². The molecule has 1 aliphatic heterocycles. The van der Waals surface area contributed by atoms with Gasteiger partial charge in [0, 0.05) is 19.5 Å². The van der Waals surface area contributed by atoms with Crippen molar-refractivity contribution in [1.29, 1.82) is 0 Å². The Labute approximate surface area is 181 Å². The van der Waals surface area contributed by atoms with Crippen molar-refractivity contribution in [2.75, 3.05) is 13.1 Å². The Kier molecular flexibility index (Phi) is 12.5. The van der Waals surface area contributed by atoms with Crippen LogP contribution in [0.1, 0.15) is 75.8 Å². The summed E-state index contributed by atoms with van der Waals surface area (Å²) in [5, 5.41) is 0. The van der Waals surface area contributed by atoms with Crippen molar-refractivity contribution in [2.24, 2.45) is 0 Å². The zero-order valence-electron chi connectivity index (χ0n) is 18.3. The third-order valence-electron chi connectivity index (χ3n) is 5.55. The molecule has 0 aliphatic carbocycles. The summed E-state index contributed by atoms with van der Waals surface area (Å²) < 4.78 is 15.7. The topological polar surface area (TPSA) is 122 Å². The van der Waals surface area contributed by atoms with Crippen molar-refractivity contribution in [3.63, 3.8) is 0 Å². The number of hydrogen-bond acceptors (Lipinski definition) is 4. The van der Waals surface area contributed by atoms with Crippen molar-refractivity contribution in [3.05, 3.63) is 35.4 Å². The van der Waals surface area contributed by atoms with E-state index in [1.54, 1.807) is 4.90 Å². The van der Waals surface area contributed by atoms with E-state index in [2.05, 4.69) is 31.2 Å². The molecule has 0 bridgehead atoms. The predicted molar refractivity (Wildman–Crippen MR) is 120 cm³/mol. The number of aryl methyl sites for hydroxylation is 2. The van der Waals surface area contributed by atoms with Crippen LogP contribution in [0.2, 0.25) is 0 Å². The molecule has 30 heavy (non-hydrogen) atoms. The minimum atomic E-state index is -4.49. The lowest BCUT2D eigenvalue weighted by molar-refractivity contribution is -0.134. The Morgan fingerprint density at radius 1 is 1.07 bits per heavy atom. The molecule has 0 radical (unpaired) electrons. The van der Waals surface area contributed by atoms with Crippen LogP contribution in [0.25, 0.3) is 0 Å². The van der Waals surface area contributed by atoms with E-state index in [9.17, 15) is 9.36 Å². The van der Waals surface area contributed by atoms with Crippen LogP contribution in [-0.4, -0.2) is 39.8 Å². The normalized spacial score (nSPS) is 16.9. The lowest BCUT2D eigenvalue weighted by Crippen LogP contribution is -2.42. The first-order valence-electron chi connectivity index (χ1n) is 11.0. The minimum Gasteiger partial charge on any atom is -0.344 e. The van der Waals surface area contributed by atoms with Gasteiger partial charge in [0.1, 0.15) is 0 Å². The molecule has 1 saturated heterocycles. The average Bonchev–Trinajstić information content (AvgIpc) is 2.69. The molecule has 1 heterocycles. The second-order valence-corrected chi connectivity index (χ2v) is 9.18. The number of likely N-dealkylation sites (tertiary alicyclic amines) is 1. The van der Waals surface area contributed by atoms with E-state index < -0.39 is 13.9 Å². The summed E-state index contributed by atoms with van der Waals surface area (Å²) in [5.41, 5.74) is 2.80. The smallest absolute Gasteiger partial charge is 0.344 e. The highest BCUT2D eigenvalue weighted by Crippen LogP contribution is 2.39. The number of hydrogen-bond donors (Lipinski definition) is 3. The van der Waals surface area contributed by atoms with Gasteiger partial charge in [-0.25, -0.2) is 4.57 Å². The Morgan fingerprint density at radius 3 is 2.30 bits per heavy atom. The van der Waals surface area contributed by atoms with Crippen LogP contribution in [0.3, 0.4) is 0 Å². The molecule has 5 N–H and O–H groups in total. The Morgan fingerprint density at radius 2 is 1.67 bits per heavy atom. The zero-order chi connectivity index (χ0) is 21.1. The molecule has 0 aromatic heterocycles. The molecule has 1 aromatic carbocycles. The van der Waals surface area contributed by atoms with Gasteiger partial charge in [-0.15, -0.1) is 0 Å². The van der Waals surface area contributed by atoms with E-state index in [1.807, 2.05) is 0 Å². The zero-order valence-corrected chi connectivity index (χ0v) is 19.2. The summed E-state index contributed by atoms with van der Waals surface area (Å²) in [7, 11) is -4.49. The predicted octanol–water partition coefficient (Wildman–Crippen LogP) is 4.78. The average molecular weight is 443 g/mol. The van der Waals surface area contributed by atoms with Gasteiger partial charge in [-0.2, -0.15) is 0 Å². The van der Waals surface area contributed by atoms with E-state index in [1.165, 1.54) is 30.4 Å². The number of piperidine rings is 1. The molecule has 1 fully saturated rings. The van der Waals surface area contributed by atoms with Gasteiger partial charge >= 0.3 is 7.82 Å². The van der Waals surface area contributed by atoms with Crippen LogP contribution in [0.15, 0.2) is 24.3 Å². The van der Waals surface area contributed by atoms with Gasteiger partial charge in [-0.05, 0) is 49.7 Å². The maximum Gasteiger partial charge on any atom is 0.469 e. The summed E-state index contributed by atoms with van der Waals surface area (Å²) in [6.45, 7) is 3.11. The molecule has 8 heteroatoms. The number of nitrogens with zero attached hydrogens (tertiary/aromatic N) is 1. The molecule has 0 spiro atoms. The standard InChI is InChI=1S/C22H36NO5P.H3N/c1-2-19-13-15-20(16-14-19)10-7-5-3-4-6-8-12-22(24)23-17-9-11-21(18-23)28-29(25,26)27;/h13-16,21H,2-12,17-18H2,1H3,(H2,25,26,27);1H3. The monoisotopic (exact) mass is 442 g/mol. The maximum absolute atomic E-state index is 12.3. The van der Waals surface area contributed by atoms with E-state index in [-0.39, 0.29) is 18.6 Å². The first-order chi connectivity index (χ1) is 13.9. The van der Waals surface area contributed by atoms with Crippen molar-refractivity contribution in [3.8, 4) is 0 Å². The Bertz CT molecular complexity index is 662. The highest BCUT2D eigenvalue weighted by molar-refractivity contribution is 7.46. The van der Waals surface area contributed by atoms with E-state index in [4.69, 9.17) is 14.3 Å². The van der Waals surface area contributed by atoms with Gasteiger partial charge in [0.05, 0.1) is 6.10 Å². The van der Waals surface area contributed by atoms with Gasteiger partial charge < -0.3 is 20.8 Å². The lowest BCUT2D eigenvalue weighted by atomic mass is 10.0. The largest absolute Gasteiger partial charge is 0.469 e. The molecular weight excluding hydrogens is 403 g/mol. The van der Waals surface area contributed by atoms with Crippen molar-refractivity contribution >= 4 is 13.7 Å². The summed E-state index contributed by atoms with van der Waals surface area (Å²) in [4.78, 5) is 31.9. The summed E-state index contributed by atoms with van der Waals surface area (Å²) in [6.07, 6.45) is 10.2. The van der Waals surface area contributed by atoms with Crippen LogP contribution >= 0.6 is 7.82 Å². The van der Waals surface area contributed by atoms with Crippen molar-refractivity contribution in [2.45, 2.75) is 83.7 Å². The van der Waals surface area contributed by atoms with Gasteiger partial charge in [0.15, 0.2) is 0 Å². The highest BCUT2D eigenvalue weighted by atomic mass is 31.2. The second-order valence-electron chi connectivity index (χ2n) is 7.99. The van der Waals surface area contributed by atoms with Gasteiger partial charge in [-0.1, -0.05) is 56.9 Å². The quantitative estimate of drug-likeness (QED) is 0.316. The number of carbonyl (C=O) groups excluding carboxylic acids is 1. The molecule has 1 aromatic rings. The van der Waals surface area contributed by atoms with Gasteiger partial charge in [-0.3, -0.25) is 9.32 Å². The number of phosphoric acid groups is 1. The van der Waals surface area contributed by atoms with Gasteiger partial charge in [0.2, 0.25) is 5.91 Å². The van der Waals surface area contributed by atoms with Crippen LogP contribution < -0.4 is 6.15 Å². The number of carbonyl (C=O) groups is 1. The summed E-state index contributed by atoms with van der Waals surface area (Å²) in [5.74, 6) is 0.0690. The number of unbranched alkanes of at least 4 members (excludes halogenated alkanes) is 5. The first kappa shape index (κ1) is 26.8. The third kappa shape index (κ3) is 10.7. The number of rotatable bonds is 12. The molecule has 0 saturated carbocycles. The molecule has 1 amide bonds. The molecule has 1 atom stereocenters. The van der Waals surface area contributed by atoms with E-state index in [0.717, 1.165) is 38.5 Å². The first-order valence-corrected chi connectivity index (χ1v) is 12.5. The van der Waals surface area contributed by atoms with Crippen LogP contribution in [0, 0.1) is 0 Å². The number of phosphoric ester groups is 1. The van der Waals surface area contributed by atoms with Crippen LogP contribution in [0.4, 0.5) is 0 Å². The Hall–Kier alpha value is -1.24. The van der Waals surface area contributed by atoms with Crippen molar-refractivity contribution < 1.29 is 23.7 Å². The number of amides is 1. The minimum absolute atomic E-state index is 0. The van der Waals surface area contributed by atoms with Gasteiger partial charge in [0.25, 0.3) is 0 Å². The SMILES string of the molecule is CCc1ccc(CCCCCCCCC(=O)N2CCCC(OP(=O)(O)O)C2)cc1.N. The second kappa shape index (κ2) is 13.9. The summed E-state index contributed by atoms with van der Waals surface area (Å²) in [6, 6.07) is 8.91. The molecule has 1 aliphatic rings. The summed E-state index contributed by atoms with van der Waals surface area (Å²) >= 11 is 0. The Balaban J connectivity index is 0.00000450. The van der Waals surface area contributed by atoms with Crippen molar-refractivity contribution in [1.82, 2.24) is 11.1 Å². The fourth-order valence-electron chi connectivity index (χ4n) is 3.86. The van der Waals surface area contributed by atoms with E-state index >= 15 is 0 Å². The maximum atomic E-state index is 12.3. The molecule has 1 unspecified atom stereocenters. The fraction of sp³-hybridized carbons (Fsp3) is 0.682.